The maximum Gasteiger partial charge on any atom is 0.472 e. The van der Waals surface area contributed by atoms with E-state index in [4.69, 9.17) is 18.5 Å². The third-order valence-electron chi connectivity index (χ3n) is 9.65. The normalized spacial score (nSPS) is 14.2. The van der Waals surface area contributed by atoms with Crippen LogP contribution in [-0.4, -0.2) is 75.6 Å². The molecule has 0 aliphatic carbocycles. The number of likely N-dealkylation sites (N-methyl/N-ethyl adjacent to an activating group) is 1. The molecule has 0 heterocycles. The Kier molecular flexibility index (Phi) is 39.1. The van der Waals surface area contributed by atoms with Gasteiger partial charge >= 0.3 is 13.8 Å². The molecule has 0 aromatic heterocycles. The zero-order chi connectivity index (χ0) is 41.3. The summed E-state index contributed by atoms with van der Waals surface area (Å²) >= 11 is 0. The van der Waals surface area contributed by atoms with Crippen molar-refractivity contribution in [2.45, 2.75) is 193 Å². The number of hydrogen-bond acceptors (Lipinski definition) is 6. The molecular formula is C47H89NO7P+. The van der Waals surface area contributed by atoms with E-state index in [1.807, 2.05) is 21.1 Å². The van der Waals surface area contributed by atoms with Crippen molar-refractivity contribution in [2.75, 3.05) is 54.1 Å². The Balaban J connectivity index is 4.16. The van der Waals surface area contributed by atoms with Gasteiger partial charge in [-0.15, -0.1) is 0 Å². The molecule has 0 amide bonds. The molecule has 2 unspecified atom stereocenters. The summed E-state index contributed by atoms with van der Waals surface area (Å²) in [7, 11) is 1.66. The van der Waals surface area contributed by atoms with Crippen molar-refractivity contribution < 1.29 is 37.3 Å². The average Bonchev–Trinajstić information content (AvgIpc) is 3.15. The summed E-state index contributed by atoms with van der Waals surface area (Å²) in [5.41, 5.74) is 0. The van der Waals surface area contributed by atoms with Crippen molar-refractivity contribution in [3.63, 3.8) is 0 Å². The molecule has 1 N–H and O–H groups in total. The summed E-state index contributed by atoms with van der Waals surface area (Å²) in [6.07, 6.45) is 48.6. The van der Waals surface area contributed by atoms with E-state index in [2.05, 4.69) is 62.5 Å². The van der Waals surface area contributed by atoms with Gasteiger partial charge in [0.15, 0.2) is 0 Å². The van der Waals surface area contributed by atoms with Gasteiger partial charge in [-0.2, -0.15) is 0 Å². The Labute approximate surface area is 346 Å². The lowest BCUT2D eigenvalue weighted by Gasteiger charge is -2.24. The number of hydrogen-bond donors (Lipinski definition) is 1. The first-order valence-corrected chi connectivity index (χ1v) is 24.4. The Morgan fingerprint density at radius 3 is 1.55 bits per heavy atom. The van der Waals surface area contributed by atoms with Crippen molar-refractivity contribution in [3.05, 3.63) is 48.6 Å². The highest BCUT2D eigenvalue weighted by atomic mass is 31.2. The van der Waals surface area contributed by atoms with Crippen LogP contribution in [0, 0.1) is 0 Å². The van der Waals surface area contributed by atoms with Gasteiger partial charge in [-0.25, -0.2) is 4.57 Å². The van der Waals surface area contributed by atoms with E-state index in [1.54, 1.807) is 0 Å². The number of carbonyl (C=O) groups excluding carboxylic acids is 1. The van der Waals surface area contributed by atoms with Gasteiger partial charge in [0.05, 0.1) is 34.4 Å². The topological polar surface area (TPSA) is 91.3 Å². The maximum atomic E-state index is 12.7. The van der Waals surface area contributed by atoms with Crippen LogP contribution >= 0.6 is 7.82 Å². The predicted molar refractivity (Wildman–Crippen MR) is 238 cm³/mol. The Morgan fingerprint density at radius 1 is 0.571 bits per heavy atom. The standard InChI is InChI=1S/C47H88NO7P/c1-6-8-10-12-14-16-18-20-21-22-23-24-25-26-27-28-29-31-33-35-37-39-42-52-44-46(45-54-56(50,51)53-43-41-48(3,4)5)55-47(49)40-38-36-34-32-30-19-17-15-13-11-9-7-2/h8,10,14,16,20-21,23-24,46H,6-7,9,11-13,15,17-19,22,25-45H2,1-5H3/p+1/b10-8-,16-14-,21-20-,24-23-. The number of phosphoric acid groups is 1. The molecule has 0 aliphatic rings. The van der Waals surface area contributed by atoms with E-state index < -0.39 is 13.9 Å². The van der Waals surface area contributed by atoms with Crippen LogP contribution in [0.1, 0.15) is 187 Å². The van der Waals surface area contributed by atoms with Crippen molar-refractivity contribution >= 4 is 13.8 Å². The number of nitrogens with zero attached hydrogens (tertiary/aromatic N) is 1. The summed E-state index contributed by atoms with van der Waals surface area (Å²) in [5, 5.41) is 0. The SMILES string of the molecule is CC/C=C\C/C=C\C/C=C\C/C=C\CCCCCCCCCCCOCC(COP(=O)(O)OCC[N+](C)(C)C)OC(=O)CCCCCCCCCCCCCC. The molecule has 56 heavy (non-hydrogen) atoms. The lowest BCUT2D eigenvalue weighted by molar-refractivity contribution is -0.870. The van der Waals surface area contributed by atoms with Gasteiger partial charge in [0.1, 0.15) is 19.3 Å². The lowest BCUT2D eigenvalue weighted by atomic mass is 10.0. The smallest absolute Gasteiger partial charge is 0.457 e. The summed E-state index contributed by atoms with van der Waals surface area (Å²) < 4.78 is 35.0. The van der Waals surface area contributed by atoms with E-state index in [-0.39, 0.29) is 25.8 Å². The number of ether oxygens (including phenoxy) is 2. The third kappa shape index (κ3) is 43.6. The first-order valence-electron chi connectivity index (χ1n) is 22.9. The zero-order valence-electron chi connectivity index (χ0n) is 37.1. The summed E-state index contributed by atoms with van der Waals surface area (Å²) in [5.74, 6) is -0.317. The minimum Gasteiger partial charge on any atom is -0.457 e. The second-order valence-electron chi connectivity index (χ2n) is 16.4. The van der Waals surface area contributed by atoms with Gasteiger partial charge in [-0.05, 0) is 51.4 Å². The first kappa shape index (κ1) is 54.5. The quantitative estimate of drug-likeness (QED) is 0.0216. The Morgan fingerprint density at radius 2 is 1.04 bits per heavy atom. The van der Waals surface area contributed by atoms with Crippen LogP contribution < -0.4 is 0 Å². The molecule has 0 fully saturated rings. The van der Waals surface area contributed by atoms with Crippen LogP contribution in [0.3, 0.4) is 0 Å². The molecule has 0 radical (unpaired) electrons. The van der Waals surface area contributed by atoms with Crippen LogP contribution in [0.25, 0.3) is 0 Å². The Hall–Kier alpha value is -1.54. The maximum absolute atomic E-state index is 12.7. The fourth-order valence-corrected chi connectivity index (χ4v) is 6.87. The Bertz CT molecular complexity index is 1040. The van der Waals surface area contributed by atoms with Gasteiger partial charge in [-0.1, -0.05) is 178 Å². The van der Waals surface area contributed by atoms with Crippen LogP contribution in [-0.2, 0) is 27.9 Å². The number of quaternary nitrogens is 1. The molecule has 0 aromatic rings. The minimum atomic E-state index is -4.27. The number of esters is 1. The average molecular weight is 811 g/mol. The van der Waals surface area contributed by atoms with Crippen LogP contribution in [0.5, 0.6) is 0 Å². The van der Waals surface area contributed by atoms with Gasteiger partial charge in [0.2, 0.25) is 0 Å². The van der Waals surface area contributed by atoms with Crippen molar-refractivity contribution in [1.82, 2.24) is 0 Å². The molecule has 0 rings (SSSR count). The molecule has 0 aromatic carbocycles. The molecule has 8 nitrogen and oxygen atoms in total. The van der Waals surface area contributed by atoms with Crippen molar-refractivity contribution in [1.29, 1.82) is 0 Å². The molecule has 0 spiro atoms. The van der Waals surface area contributed by atoms with Crippen LogP contribution in [0.2, 0.25) is 0 Å². The molecular weight excluding hydrogens is 721 g/mol. The molecule has 2 atom stereocenters. The van der Waals surface area contributed by atoms with E-state index in [1.165, 1.54) is 109 Å². The second kappa shape index (κ2) is 40.2. The number of allylic oxidation sites excluding steroid dienone is 8. The highest BCUT2D eigenvalue weighted by Crippen LogP contribution is 2.43. The number of unbranched alkanes of at least 4 members (excludes halogenated alkanes) is 20. The van der Waals surface area contributed by atoms with E-state index in [9.17, 15) is 14.3 Å². The highest BCUT2D eigenvalue weighted by molar-refractivity contribution is 7.47. The zero-order valence-corrected chi connectivity index (χ0v) is 38.0. The number of carbonyl (C=O) groups is 1. The van der Waals surface area contributed by atoms with Crippen molar-refractivity contribution in [3.8, 4) is 0 Å². The summed E-state index contributed by atoms with van der Waals surface area (Å²) in [6.45, 7) is 5.50. The largest absolute Gasteiger partial charge is 0.472 e. The summed E-state index contributed by atoms with van der Waals surface area (Å²) in [6, 6.07) is 0. The molecule has 0 saturated heterocycles. The fourth-order valence-electron chi connectivity index (χ4n) is 6.13. The van der Waals surface area contributed by atoms with Gasteiger partial charge < -0.3 is 18.9 Å². The predicted octanol–water partition coefficient (Wildman–Crippen LogP) is 13.6. The van der Waals surface area contributed by atoms with Gasteiger partial charge in [0, 0.05) is 13.0 Å². The van der Waals surface area contributed by atoms with E-state index in [0.717, 1.165) is 57.8 Å². The highest BCUT2D eigenvalue weighted by Gasteiger charge is 2.26. The molecule has 9 heteroatoms. The monoisotopic (exact) mass is 811 g/mol. The molecule has 0 saturated carbocycles. The third-order valence-corrected chi connectivity index (χ3v) is 10.6. The minimum absolute atomic E-state index is 0.0872. The van der Waals surface area contributed by atoms with E-state index in [0.29, 0.717) is 24.1 Å². The molecule has 0 aliphatic heterocycles. The number of rotatable bonds is 42. The van der Waals surface area contributed by atoms with E-state index >= 15 is 0 Å². The second-order valence-corrected chi connectivity index (χ2v) is 17.9. The van der Waals surface area contributed by atoms with Crippen molar-refractivity contribution in [2.24, 2.45) is 0 Å². The van der Waals surface area contributed by atoms with Crippen LogP contribution in [0.15, 0.2) is 48.6 Å². The summed E-state index contributed by atoms with van der Waals surface area (Å²) in [4.78, 5) is 22.9. The van der Waals surface area contributed by atoms with Gasteiger partial charge in [-0.3, -0.25) is 13.8 Å². The molecule has 0 bridgehead atoms. The van der Waals surface area contributed by atoms with Crippen LogP contribution in [0.4, 0.5) is 0 Å². The first-order chi connectivity index (χ1) is 27.1. The molecule has 328 valence electrons. The fraction of sp³-hybridized carbons (Fsp3) is 0.809. The lowest BCUT2D eigenvalue weighted by Crippen LogP contribution is -2.37. The number of phosphoric ester groups is 1. The van der Waals surface area contributed by atoms with Gasteiger partial charge in [0.25, 0.3) is 0 Å².